The lowest BCUT2D eigenvalue weighted by Crippen LogP contribution is -2.20. The Morgan fingerprint density at radius 1 is 0.966 bits per heavy atom. The molecule has 2 heteroatoms. The molecule has 6 rings (SSSR count). The van der Waals surface area contributed by atoms with Crippen molar-refractivity contribution >= 4 is 24.0 Å². The van der Waals surface area contributed by atoms with Gasteiger partial charge in [-0.1, -0.05) is 84.1 Å². The molecule has 1 atom stereocenters. The molecule has 0 spiro atoms. The first-order chi connectivity index (χ1) is 14.1. The number of rotatable bonds is 4. The van der Waals surface area contributed by atoms with Crippen molar-refractivity contribution in [1.82, 2.24) is 0 Å². The highest BCUT2D eigenvalue weighted by atomic mass is 28.3. The Hall–Kier alpha value is -2.42. The van der Waals surface area contributed by atoms with Gasteiger partial charge >= 0.3 is 0 Å². The Balaban J connectivity index is 1.57. The first kappa shape index (κ1) is 17.4. The number of benzene rings is 3. The number of allylic oxidation sites excluding steroid dienone is 2. The minimum Gasteiger partial charge on any atom is -0.396 e. The van der Waals surface area contributed by atoms with Crippen LogP contribution in [0.2, 0.25) is 13.1 Å². The van der Waals surface area contributed by atoms with E-state index in [0.717, 1.165) is 19.3 Å². The summed E-state index contributed by atoms with van der Waals surface area (Å²) >= 11 is 0. The van der Waals surface area contributed by atoms with Gasteiger partial charge < -0.3 is 5.11 Å². The van der Waals surface area contributed by atoms with Crippen molar-refractivity contribution in [2.24, 2.45) is 0 Å². The van der Waals surface area contributed by atoms with Crippen LogP contribution in [0.5, 0.6) is 0 Å². The van der Waals surface area contributed by atoms with Crippen LogP contribution in [0.4, 0.5) is 0 Å². The molecule has 1 N–H and O–H groups in total. The lowest BCUT2D eigenvalue weighted by atomic mass is 9.88. The van der Waals surface area contributed by atoms with Gasteiger partial charge in [-0.2, -0.15) is 0 Å². The molecule has 2 aliphatic carbocycles. The average Bonchev–Trinajstić information content (AvgIpc) is 3.05. The second-order valence-corrected chi connectivity index (χ2v) is 13.6. The van der Waals surface area contributed by atoms with Gasteiger partial charge in [-0.15, -0.1) is 0 Å². The molecule has 3 aliphatic rings. The summed E-state index contributed by atoms with van der Waals surface area (Å²) < 4.78 is 0. The van der Waals surface area contributed by atoms with Crippen LogP contribution in [-0.4, -0.2) is 19.8 Å². The zero-order valence-corrected chi connectivity index (χ0v) is 18.1. The average molecular weight is 395 g/mol. The van der Waals surface area contributed by atoms with E-state index >= 15 is 0 Å². The van der Waals surface area contributed by atoms with Gasteiger partial charge in [0.25, 0.3) is 0 Å². The molecule has 3 aromatic carbocycles. The van der Waals surface area contributed by atoms with E-state index in [4.69, 9.17) is 0 Å². The molecule has 0 fully saturated rings. The Morgan fingerprint density at radius 3 is 2.55 bits per heavy atom. The van der Waals surface area contributed by atoms with Crippen molar-refractivity contribution in [3.05, 3.63) is 88.5 Å². The summed E-state index contributed by atoms with van der Waals surface area (Å²) in [4.78, 5) is 0. The van der Waals surface area contributed by atoms with Gasteiger partial charge in [0, 0.05) is 12.5 Å². The summed E-state index contributed by atoms with van der Waals surface area (Å²) in [5, 5.41) is 12.8. The molecule has 0 saturated carbocycles. The third-order valence-corrected chi connectivity index (χ3v) is 10.6. The molecule has 1 heterocycles. The third-order valence-electron chi connectivity index (χ3n) is 7.31. The fourth-order valence-corrected chi connectivity index (χ4v) is 9.27. The molecule has 1 nitrogen and oxygen atoms in total. The molecule has 3 aromatic rings. The molecule has 1 aliphatic heterocycles. The fourth-order valence-electron chi connectivity index (χ4n) is 5.83. The molecule has 1 unspecified atom stereocenters. The number of fused-ring (bicyclic) bond motifs is 5. The number of hydrogen-bond donors (Lipinski definition) is 1. The molecule has 0 radical (unpaired) electrons. The van der Waals surface area contributed by atoms with Gasteiger partial charge in [-0.25, -0.2) is 0 Å². The predicted octanol–water partition coefficient (Wildman–Crippen LogP) is 4.70. The molecule has 0 aromatic heterocycles. The van der Waals surface area contributed by atoms with Crippen molar-refractivity contribution in [2.75, 3.05) is 6.61 Å². The molecule has 0 bridgehead atoms. The van der Waals surface area contributed by atoms with Gasteiger partial charge in [-0.3, -0.25) is 0 Å². The van der Waals surface area contributed by atoms with E-state index in [0.29, 0.717) is 5.92 Å². The van der Waals surface area contributed by atoms with Gasteiger partial charge in [0.2, 0.25) is 0 Å². The highest BCUT2D eigenvalue weighted by Crippen LogP contribution is 2.48. The normalized spacial score (nSPS) is 19.3. The second kappa shape index (κ2) is 6.04. The summed E-state index contributed by atoms with van der Waals surface area (Å²) in [7, 11) is -1.41. The Morgan fingerprint density at radius 2 is 1.72 bits per heavy atom. The van der Waals surface area contributed by atoms with Crippen LogP contribution in [0, 0.1) is 0 Å². The van der Waals surface area contributed by atoms with Crippen LogP contribution in [0.15, 0.2) is 60.7 Å². The summed E-state index contributed by atoms with van der Waals surface area (Å²) in [6.07, 6.45) is 5.38. The van der Waals surface area contributed by atoms with Gasteiger partial charge in [0.05, 0.1) is 0 Å². The van der Waals surface area contributed by atoms with Crippen molar-refractivity contribution in [3.63, 3.8) is 0 Å². The van der Waals surface area contributed by atoms with E-state index in [1.807, 2.05) is 0 Å². The maximum atomic E-state index is 9.38. The smallest absolute Gasteiger partial charge is 0.112 e. The highest BCUT2D eigenvalue weighted by Gasteiger charge is 2.49. The van der Waals surface area contributed by atoms with Crippen LogP contribution in [0.1, 0.15) is 46.6 Å². The minimum absolute atomic E-state index is 0.259. The topological polar surface area (TPSA) is 20.2 Å². The van der Waals surface area contributed by atoms with E-state index in [9.17, 15) is 5.11 Å². The summed E-state index contributed by atoms with van der Waals surface area (Å²) in [6.45, 7) is 5.29. The molecule has 29 heavy (non-hydrogen) atoms. The Kier molecular flexibility index (Phi) is 3.63. The minimum atomic E-state index is -1.41. The van der Waals surface area contributed by atoms with E-state index in [2.05, 4.69) is 73.8 Å². The van der Waals surface area contributed by atoms with E-state index in [1.165, 1.54) is 33.4 Å². The Bertz CT molecular complexity index is 1200. The highest BCUT2D eigenvalue weighted by molar-refractivity contribution is 7.16. The van der Waals surface area contributed by atoms with E-state index < -0.39 is 8.07 Å². The van der Waals surface area contributed by atoms with Crippen LogP contribution >= 0.6 is 0 Å². The predicted molar refractivity (Wildman–Crippen MR) is 124 cm³/mol. The lowest BCUT2D eigenvalue weighted by Gasteiger charge is -2.17. The third kappa shape index (κ3) is 2.36. The van der Waals surface area contributed by atoms with Crippen LogP contribution in [0.3, 0.4) is 0 Å². The SMILES string of the molecule is C[Si]1(C)c2cc3c(c(C4C=C(CCCO)c5ccccc54)c21)Cc1ccccc1-3. The second-order valence-electron chi connectivity index (χ2n) is 9.28. The molecule has 144 valence electrons. The van der Waals surface area contributed by atoms with Crippen molar-refractivity contribution in [1.29, 1.82) is 0 Å². The molecule has 0 saturated heterocycles. The lowest BCUT2D eigenvalue weighted by molar-refractivity contribution is 0.290. The zero-order valence-electron chi connectivity index (χ0n) is 17.1. The van der Waals surface area contributed by atoms with E-state index in [-0.39, 0.29) is 6.61 Å². The van der Waals surface area contributed by atoms with Gasteiger partial charge in [-0.05, 0) is 63.8 Å². The van der Waals surface area contributed by atoms with Crippen molar-refractivity contribution < 1.29 is 5.11 Å². The standard InChI is InChI=1S/C27H26OSi/c1-29(2)25-16-22-20-11-4-3-8-17(20)15-24(22)26(27(25)29)23-14-18(9-7-13-28)19-10-5-6-12-21(19)23/h3-6,8,10-12,14,16,23,28H,7,9,13,15H2,1-2H3. The first-order valence-corrected chi connectivity index (χ1v) is 13.8. The number of aliphatic hydroxyl groups excluding tert-OH is 1. The maximum Gasteiger partial charge on any atom is 0.112 e. The van der Waals surface area contributed by atoms with Crippen molar-refractivity contribution in [2.45, 2.75) is 38.3 Å². The summed E-state index contributed by atoms with van der Waals surface area (Å²) in [6, 6.07) is 20.4. The Labute approximate surface area is 173 Å². The fraction of sp³-hybridized carbons (Fsp3) is 0.259. The maximum absolute atomic E-state index is 9.38. The first-order valence-electron chi connectivity index (χ1n) is 10.8. The van der Waals surface area contributed by atoms with Crippen LogP contribution < -0.4 is 10.4 Å². The largest absolute Gasteiger partial charge is 0.396 e. The summed E-state index contributed by atoms with van der Waals surface area (Å²) in [5.74, 6) is 0.368. The quantitative estimate of drug-likeness (QED) is 0.498. The summed E-state index contributed by atoms with van der Waals surface area (Å²) in [5.41, 5.74) is 11.9. The van der Waals surface area contributed by atoms with Gasteiger partial charge in [0.15, 0.2) is 0 Å². The molecular formula is C27H26OSi. The van der Waals surface area contributed by atoms with Crippen LogP contribution in [0.25, 0.3) is 16.7 Å². The number of aliphatic hydroxyl groups is 1. The van der Waals surface area contributed by atoms with E-state index in [1.54, 1.807) is 21.5 Å². The van der Waals surface area contributed by atoms with Crippen molar-refractivity contribution in [3.8, 4) is 11.1 Å². The van der Waals surface area contributed by atoms with Gasteiger partial charge in [0.1, 0.15) is 8.07 Å². The zero-order chi connectivity index (χ0) is 19.8. The monoisotopic (exact) mass is 394 g/mol. The number of hydrogen-bond acceptors (Lipinski definition) is 1. The molecule has 0 amide bonds. The molecular weight excluding hydrogens is 368 g/mol. The van der Waals surface area contributed by atoms with Crippen LogP contribution in [-0.2, 0) is 6.42 Å².